The highest BCUT2D eigenvalue weighted by Gasteiger charge is 2.23. The van der Waals surface area contributed by atoms with Gasteiger partial charge in [-0.05, 0) is 56.6 Å². The first-order valence-corrected chi connectivity index (χ1v) is 8.40. The van der Waals surface area contributed by atoms with Gasteiger partial charge in [-0.25, -0.2) is 0 Å². The van der Waals surface area contributed by atoms with E-state index in [9.17, 15) is 4.79 Å². The molecule has 1 aromatic carbocycles. The Morgan fingerprint density at radius 2 is 2.04 bits per heavy atom. The van der Waals surface area contributed by atoms with Gasteiger partial charge in [0.1, 0.15) is 5.75 Å². The number of carbonyl (C=O) groups is 1. The van der Waals surface area contributed by atoms with Gasteiger partial charge in [0.25, 0.3) is 5.91 Å². The molecule has 0 aliphatic carbocycles. The first-order chi connectivity index (χ1) is 11.2. The van der Waals surface area contributed by atoms with Gasteiger partial charge < -0.3 is 19.7 Å². The van der Waals surface area contributed by atoms with E-state index in [0.29, 0.717) is 19.1 Å². The standard InChI is InChI=1S/C18H28N2O3.ClH/c1-19-13-15-5-3-10-20(14-15)18(21)16-6-8-17(9-7-16)23-12-4-11-22-2;/h6-9,15,19H,3-5,10-14H2,1-2H3;1H. The quantitative estimate of drug-likeness (QED) is 0.727. The molecule has 2 rings (SSSR count). The molecule has 136 valence electrons. The minimum Gasteiger partial charge on any atom is -0.494 e. The molecule has 1 atom stereocenters. The van der Waals surface area contributed by atoms with E-state index < -0.39 is 0 Å². The van der Waals surface area contributed by atoms with Crippen molar-refractivity contribution >= 4 is 18.3 Å². The second-order valence-electron chi connectivity index (χ2n) is 6.04. The molecule has 1 saturated heterocycles. The molecule has 24 heavy (non-hydrogen) atoms. The summed E-state index contributed by atoms with van der Waals surface area (Å²) >= 11 is 0. The number of halogens is 1. The van der Waals surface area contributed by atoms with Gasteiger partial charge in [0, 0.05) is 38.8 Å². The Hall–Kier alpha value is -1.30. The molecule has 0 saturated carbocycles. The third kappa shape index (κ3) is 6.30. The average Bonchev–Trinajstić information content (AvgIpc) is 2.59. The van der Waals surface area contributed by atoms with E-state index >= 15 is 0 Å². The Bertz CT molecular complexity index is 480. The summed E-state index contributed by atoms with van der Waals surface area (Å²) in [6.07, 6.45) is 3.13. The van der Waals surface area contributed by atoms with E-state index in [1.807, 2.05) is 36.2 Å². The molecule has 1 N–H and O–H groups in total. The number of piperidine rings is 1. The van der Waals surface area contributed by atoms with Crippen molar-refractivity contribution in [2.45, 2.75) is 19.3 Å². The lowest BCUT2D eigenvalue weighted by Crippen LogP contribution is -2.42. The van der Waals surface area contributed by atoms with Crippen molar-refractivity contribution in [1.82, 2.24) is 10.2 Å². The summed E-state index contributed by atoms with van der Waals surface area (Å²) in [6, 6.07) is 7.45. The van der Waals surface area contributed by atoms with E-state index in [4.69, 9.17) is 9.47 Å². The first kappa shape index (κ1) is 20.7. The lowest BCUT2D eigenvalue weighted by molar-refractivity contribution is 0.0674. The van der Waals surface area contributed by atoms with Crippen molar-refractivity contribution < 1.29 is 14.3 Å². The summed E-state index contributed by atoms with van der Waals surface area (Å²) in [7, 11) is 3.65. The lowest BCUT2D eigenvalue weighted by Gasteiger charge is -2.32. The Morgan fingerprint density at radius 3 is 2.71 bits per heavy atom. The number of hydrogen-bond donors (Lipinski definition) is 1. The molecule has 0 spiro atoms. The molecule has 0 bridgehead atoms. The fourth-order valence-electron chi connectivity index (χ4n) is 2.97. The number of amides is 1. The van der Waals surface area contributed by atoms with Gasteiger partial charge in [0.15, 0.2) is 0 Å². The van der Waals surface area contributed by atoms with Crippen molar-refractivity contribution in [3.05, 3.63) is 29.8 Å². The maximum atomic E-state index is 12.6. The number of benzene rings is 1. The molecule has 0 aromatic heterocycles. The summed E-state index contributed by atoms with van der Waals surface area (Å²) in [5.41, 5.74) is 0.736. The van der Waals surface area contributed by atoms with Crippen LogP contribution in [0.3, 0.4) is 0 Å². The summed E-state index contributed by atoms with van der Waals surface area (Å²) in [5.74, 6) is 1.47. The Labute approximate surface area is 151 Å². The van der Waals surface area contributed by atoms with Crippen LogP contribution in [0.2, 0.25) is 0 Å². The minimum atomic E-state index is 0. The van der Waals surface area contributed by atoms with Gasteiger partial charge in [0.2, 0.25) is 0 Å². The zero-order chi connectivity index (χ0) is 16.5. The van der Waals surface area contributed by atoms with Gasteiger partial charge in [0.05, 0.1) is 6.61 Å². The number of carbonyl (C=O) groups excluding carboxylic acids is 1. The van der Waals surface area contributed by atoms with Crippen molar-refractivity contribution in [1.29, 1.82) is 0 Å². The number of hydrogen-bond acceptors (Lipinski definition) is 4. The summed E-state index contributed by atoms with van der Waals surface area (Å²) in [6.45, 7) is 3.99. The van der Waals surface area contributed by atoms with E-state index in [1.165, 1.54) is 6.42 Å². The van der Waals surface area contributed by atoms with Crippen LogP contribution in [-0.4, -0.2) is 57.8 Å². The van der Waals surface area contributed by atoms with Crippen LogP contribution in [0, 0.1) is 5.92 Å². The SMILES string of the molecule is CNCC1CCCN(C(=O)c2ccc(OCCCOC)cc2)C1.Cl. The fourth-order valence-corrected chi connectivity index (χ4v) is 2.97. The summed E-state index contributed by atoms with van der Waals surface area (Å²) in [4.78, 5) is 14.6. The molecule has 0 radical (unpaired) electrons. The Morgan fingerprint density at radius 1 is 1.29 bits per heavy atom. The van der Waals surface area contributed by atoms with Crippen LogP contribution in [0.1, 0.15) is 29.6 Å². The maximum absolute atomic E-state index is 12.6. The molecule has 1 fully saturated rings. The Kier molecular flexibility index (Phi) is 9.76. The van der Waals surface area contributed by atoms with Crippen molar-refractivity contribution in [2.75, 3.05) is 47.0 Å². The van der Waals surface area contributed by atoms with Crippen LogP contribution in [0.4, 0.5) is 0 Å². The van der Waals surface area contributed by atoms with Crippen molar-refractivity contribution in [3.8, 4) is 5.75 Å². The van der Waals surface area contributed by atoms with Crippen LogP contribution in [0.5, 0.6) is 5.75 Å². The molecule has 1 unspecified atom stereocenters. The van der Waals surface area contributed by atoms with E-state index in [0.717, 1.165) is 43.8 Å². The van der Waals surface area contributed by atoms with Gasteiger partial charge in [-0.1, -0.05) is 0 Å². The highest BCUT2D eigenvalue weighted by molar-refractivity contribution is 5.94. The number of ether oxygens (including phenoxy) is 2. The maximum Gasteiger partial charge on any atom is 0.253 e. The molecule has 1 aliphatic rings. The van der Waals surface area contributed by atoms with Crippen LogP contribution >= 0.6 is 12.4 Å². The normalized spacial score (nSPS) is 17.2. The number of rotatable bonds is 8. The summed E-state index contributed by atoms with van der Waals surface area (Å²) < 4.78 is 10.6. The van der Waals surface area contributed by atoms with Crippen molar-refractivity contribution in [2.24, 2.45) is 5.92 Å². The van der Waals surface area contributed by atoms with Gasteiger partial charge in [-0.3, -0.25) is 4.79 Å². The molecule has 1 aliphatic heterocycles. The third-order valence-electron chi connectivity index (χ3n) is 4.16. The van der Waals surface area contributed by atoms with Crippen LogP contribution < -0.4 is 10.1 Å². The largest absolute Gasteiger partial charge is 0.494 e. The molecule has 1 heterocycles. The second kappa shape index (κ2) is 11.3. The second-order valence-corrected chi connectivity index (χ2v) is 6.04. The van der Waals surface area contributed by atoms with Crippen LogP contribution in [0.15, 0.2) is 24.3 Å². The number of methoxy groups -OCH3 is 1. The molecule has 6 heteroatoms. The lowest BCUT2D eigenvalue weighted by atomic mass is 9.97. The smallest absolute Gasteiger partial charge is 0.253 e. The zero-order valence-corrected chi connectivity index (χ0v) is 15.4. The van der Waals surface area contributed by atoms with Gasteiger partial charge in [-0.2, -0.15) is 0 Å². The average molecular weight is 357 g/mol. The number of nitrogens with one attached hydrogen (secondary N) is 1. The van der Waals surface area contributed by atoms with Crippen molar-refractivity contribution in [3.63, 3.8) is 0 Å². The van der Waals surface area contributed by atoms with Crippen LogP contribution in [-0.2, 0) is 4.74 Å². The van der Waals surface area contributed by atoms with E-state index in [1.54, 1.807) is 7.11 Å². The predicted octanol–water partition coefficient (Wildman–Crippen LogP) is 2.60. The topological polar surface area (TPSA) is 50.8 Å². The number of likely N-dealkylation sites (tertiary alicyclic amines) is 1. The molecular weight excluding hydrogens is 328 g/mol. The highest BCUT2D eigenvalue weighted by atomic mass is 35.5. The highest BCUT2D eigenvalue weighted by Crippen LogP contribution is 2.19. The first-order valence-electron chi connectivity index (χ1n) is 8.40. The van der Waals surface area contributed by atoms with Crippen LogP contribution in [0.25, 0.3) is 0 Å². The van der Waals surface area contributed by atoms with Gasteiger partial charge >= 0.3 is 0 Å². The fraction of sp³-hybridized carbons (Fsp3) is 0.611. The minimum absolute atomic E-state index is 0. The third-order valence-corrected chi connectivity index (χ3v) is 4.16. The van der Waals surface area contributed by atoms with Gasteiger partial charge in [-0.15, -0.1) is 12.4 Å². The summed E-state index contributed by atoms with van der Waals surface area (Å²) in [5, 5.41) is 3.21. The molecular formula is C18H29ClN2O3. The predicted molar refractivity (Wildman–Crippen MR) is 98.2 cm³/mol. The van der Waals surface area contributed by atoms with E-state index in [-0.39, 0.29) is 18.3 Å². The Balaban J connectivity index is 0.00000288. The zero-order valence-electron chi connectivity index (χ0n) is 14.6. The monoisotopic (exact) mass is 356 g/mol. The molecule has 1 aromatic rings. The number of nitrogens with zero attached hydrogens (tertiary/aromatic N) is 1. The molecule has 1 amide bonds. The van der Waals surface area contributed by atoms with E-state index in [2.05, 4.69) is 5.32 Å². The molecule has 5 nitrogen and oxygen atoms in total.